The van der Waals surface area contributed by atoms with Crippen LogP contribution in [0.4, 0.5) is 11.4 Å². The minimum absolute atomic E-state index is 0.0174. The average molecular weight is 511 g/mol. The van der Waals surface area contributed by atoms with Crippen molar-refractivity contribution < 1.29 is 22.9 Å². The zero-order valence-corrected chi connectivity index (χ0v) is 20.9. The van der Waals surface area contributed by atoms with Gasteiger partial charge in [-0.1, -0.05) is 12.1 Å². The van der Waals surface area contributed by atoms with E-state index in [9.17, 15) is 23.3 Å². The van der Waals surface area contributed by atoms with E-state index in [1.54, 1.807) is 55.5 Å². The Morgan fingerprint density at radius 2 is 1.75 bits per heavy atom. The molecule has 0 heterocycles. The molecule has 36 heavy (non-hydrogen) atoms. The van der Waals surface area contributed by atoms with Gasteiger partial charge in [-0.05, 0) is 78.6 Å². The van der Waals surface area contributed by atoms with Crippen molar-refractivity contribution in [1.29, 1.82) is 0 Å². The maximum Gasteiger partial charge on any atom is 0.269 e. The molecule has 0 saturated carbocycles. The molecule has 0 radical (unpaired) electrons. The molecule has 188 valence electrons. The summed E-state index contributed by atoms with van der Waals surface area (Å²) in [7, 11) is -3.69. The Morgan fingerprint density at radius 1 is 1.08 bits per heavy atom. The minimum atomic E-state index is -3.69. The van der Waals surface area contributed by atoms with Crippen molar-refractivity contribution in [2.45, 2.75) is 20.5 Å². The van der Waals surface area contributed by atoms with Crippen LogP contribution < -0.4 is 14.5 Å². The fourth-order valence-electron chi connectivity index (χ4n) is 3.26. The number of sulfonamides is 1. The second-order valence-corrected chi connectivity index (χ2v) is 9.97. The Morgan fingerprint density at radius 3 is 2.36 bits per heavy atom. The number of carbonyl (C=O) groups excluding carboxylic acids is 1. The Labute approximate surface area is 209 Å². The number of hydrazone groups is 1. The second-order valence-electron chi connectivity index (χ2n) is 8.06. The number of nitro groups is 1. The van der Waals surface area contributed by atoms with Gasteiger partial charge in [0, 0.05) is 12.1 Å². The van der Waals surface area contributed by atoms with Gasteiger partial charge in [-0.2, -0.15) is 5.10 Å². The molecule has 3 rings (SSSR count). The van der Waals surface area contributed by atoms with Crippen LogP contribution in [-0.4, -0.2) is 38.3 Å². The van der Waals surface area contributed by atoms with Crippen molar-refractivity contribution in [2.75, 3.05) is 17.1 Å². The van der Waals surface area contributed by atoms with Gasteiger partial charge < -0.3 is 4.74 Å². The molecular formula is C25H26N4O6S. The molecule has 0 aliphatic heterocycles. The SMILES string of the molecule is Cc1cccc(N(CC(=O)N/N=C\c2ccc(OCc3ccc([N+](=O)[O-])cc3)cc2)S(C)(=O)=O)c1C. The number of amides is 1. The highest BCUT2D eigenvalue weighted by molar-refractivity contribution is 7.92. The van der Waals surface area contributed by atoms with Crippen LogP contribution >= 0.6 is 0 Å². The van der Waals surface area contributed by atoms with Crippen molar-refractivity contribution >= 4 is 33.5 Å². The van der Waals surface area contributed by atoms with E-state index in [1.165, 1.54) is 18.3 Å². The highest BCUT2D eigenvalue weighted by Gasteiger charge is 2.22. The quantitative estimate of drug-likeness (QED) is 0.251. The van der Waals surface area contributed by atoms with Gasteiger partial charge in [-0.25, -0.2) is 13.8 Å². The number of nitrogens with zero attached hydrogens (tertiary/aromatic N) is 3. The fraction of sp³-hybridized carbons (Fsp3) is 0.200. The summed E-state index contributed by atoms with van der Waals surface area (Å²) in [5.41, 5.74) is 5.99. The monoisotopic (exact) mass is 510 g/mol. The lowest BCUT2D eigenvalue weighted by atomic mass is 10.1. The molecule has 1 N–H and O–H groups in total. The Bertz CT molecular complexity index is 1370. The normalized spacial score (nSPS) is 11.3. The highest BCUT2D eigenvalue weighted by Crippen LogP contribution is 2.24. The summed E-state index contributed by atoms with van der Waals surface area (Å²) in [4.78, 5) is 22.7. The van der Waals surface area contributed by atoms with Crippen LogP contribution in [-0.2, 0) is 21.4 Å². The number of benzene rings is 3. The van der Waals surface area contributed by atoms with E-state index in [4.69, 9.17) is 4.74 Å². The topological polar surface area (TPSA) is 131 Å². The van der Waals surface area contributed by atoms with Crippen molar-refractivity contribution in [1.82, 2.24) is 5.43 Å². The van der Waals surface area contributed by atoms with E-state index < -0.39 is 27.4 Å². The van der Waals surface area contributed by atoms with Gasteiger partial charge >= 0.3 is 0 Å². The first-order valence-electron chi connectivity index (χ1n) is 10.9. The van der Waals surface area contributed by atoms with E-state index in [-0.39, 0.29) is 12.3 Å². The minimum Gasteiger partial charge on any atom is -0.489 e. The lowest BCUT2D eigenvalue weighted by Crippen LogP contribution is -2.39. The third-order valence-electron chi connectivity index (χ3n) is 5.37. The molecule has 0 fully saturated rings. The summed E-state index contributed by atoms with van der Waals surface area (Å²) in [5, 5.41) is 14.6. The van der Waals surface area contributed by atoms with E-state index >= 15 is 0 Å². The molecule has 0 unspecified atom stereocenters. The molecule has 0 aliphatic rings. The van der Waals surface area contributed by atoms with Crippen LogP contribution in [0.5, 0.6) is 5.75 Å². The Hall–Kier alpha value is -4.25. The molecule has 0 atom stereocenters. The summed E-state index contributed by atoms with van der Waals surface area (Å²) in [5.74, 6) is 0.00693. The second kappa shape index (κ2) is 11.5. The molecule has 10 nitrogen and oxygen atoms in total. The molecule has 1 amide bonds. The maximum atomic E-state index is 12.4. The number of non-ortho nitro benzene ring substituents is 1. The number of hydrogen-bond acceptors (Lipinski definition) is 7. The molecule has 3 aromatic carbocycles. The van der Waals surface area contributed by atoms with Crippen LogP contribution in [0, 0.1) is 24.0 Å². The van der Waals surface area contributed by atoms with Gasteiger partial charge in [0.05, 0.1) is 23.1 Å². The molecule has 0 aliphatic carbocycles. The van der Waals surface area contributed by atoms with Gasteiger partial charge in [-0.15, -0.1) is 0 Å². The number of carbonyl (C=O) groups is 1. The highest BCUT2D eigenvalue weighted by atomic mass is 32.2. The predicted molar refractivity (Wildman–Crippen MR) is 138 cm³/mol. The van der Waals surface area contributed by atoms with Crippen LogP contribution in [0.2, 0.25) is 0 Å². The van der Waals surface area contributed by atoms with Crippen molar-refractivity contribution in [2.24, 2.45) is 5.10 Å². The summed E-state index contributed by atoms with van der Waals surface area (Å²) < 4.78 is 31.4. The maximum absolute atomic E-state index is 12.4. The number of hydrogen-bond donors (Lipinski definition) is 1. The fourth-order valence-corrected chi connectivity index (χ4v) is 4.17. The lowest BCUT2D eigenvalue weighted by molar-refractivity contribution is -0.384. The van der Waals surface area contributed by atoms with Gasteiger partial charge in [0.2, 0.25) is 10.0 Å². The summed E-state index contributed by atoms with van der Waals surface area (Å²) in [6, 6.07) is 18.3. The van der Waals surface area contributed by atoms with Gasteiger partial charge in [0.1, 0.15) is 18.9 Å². The third-order valence-corrected chi connectivity index (χ3v) is 6.49. The summed E-state index contributed by atoms with van der Waals surface area (Å²) in [6.45, 7) is 3.52. The van der Waals surface area contributed by atoms with Gasteiger partial charge in [0.25, 0.3) is 11.6 Å². The molecular weight excluding hydrogens is 484 g/mol. The smallest absolute Gasteiger partial charge is 0.269 e. The number of anilines is 1. The van der Waals surface area contributed by atoms with Crippen LogP contribution in [0.15, 0.2) is 71.8 Å². The summed E-state index contributed by atoms with van der Waals surface area (Å²) >= 11 is 0. The largest absolute Gasteiger partial charge is 0.489 e. The van der Waals surface area contributed by atoms with E-state index in [2.05, 4.69) is 10.5 Å². The van der Waals surface area contributed by atoms with Crippen molar-refractivity contribution in [3.05, 3.63) is 99.1 Å². The van der Waals surface area contributed by atoms with Crippen molar-refractivity contribution in [3.63, 3.8) is 0 Å². The summed E-state index contributed by atoms with van der Waals surface area (Å²) in [6.07, 6.45) is 2.48. The van der Waals surface area contributed by atoms with Gasteiger partial charge in [-0.3, -0.25) is 19.2 Å². The molecule has 0 bridgehead atoms. The molecule has 0 aromatic heterocycles. The number of rotatable bonds is 10. The number of ether oxygens (including phenoxy) is 1. The number of nitrogens with one attached hydrogen (secondary N) is 1. The molecule has 11 heteroatoms. The Kier molecular flexibility index (Phi) is 8.38. The number of aryl methyl sites for hydroxylation is 1. The Balaban J connectivity index is 1.55. The average Bonchev–Trinajstić information content (AvgIpc) is 2.83. The van der Waals surface area contributed by atoms with E-state index in [0.717, 1.165) is 27.3 Å². The van der Waals surface area contributed by atoms with Gasteiger partial charge in [0.15, 0.2) is 0 Å². The zero-order valence-electron chi connectivity index (χ0n) is 20.0. The van der Waals surface area contributed by atoms with E-state index in [0.29, 0.717) is 17.0 Å². The van der Waals surface area contributed by atoms with Crippen molar-refractivity contribution in [3.8, 4) is 5.75 Å². The standard InChI is InChI=1S/C25H26N4O6S/c1-18-5-4-6-24(19(18)2)28(36(3,33)34)16-25(30)27-26-15-20-9-13-23(14-10-20)35-17-21-7-11-22(12-8-21)29(31)32/h4-15H,16-17H2,1-3H3,(H,27,30)/b26-15-. The first-order valence-corrected chi connectivity index (χ1v) is 12.7. The third kappa shape index (κ3) is 7.12. The first kappa shape index (κ1) is 26.4. The number of nitro benzene ring substituents is 1. The lowest BCUT2D eigenvalue weighted by Gasteiger charge is -2.23. The first-order chi connectivity index (χ1) is 17.0. The van der Waals surface area contributed by atoms with E-state index in [1.807, 2.05) is 13.0 Å². The molecule has 0 spiro atoms. The zero-order chi connectivity index (χ0) is 26.3. The molecule has 0 saturated heterocycles. The van der Waals surface area contributed by atoms with Crippen LogP contribution in [0.25, 0.3) is 0 Å². The molecule has 3 aromatic rings. The predicted octanol–water partition coefficient (Wildman–Crippen LogP) is 3.71. The van der Waals surface area contributed by atoms with Crippen LogP contribution in [0.1, 0.15) is 22.3 Å². The van der Waals surface area contributed by atoms with Crippen LogP contribution in [0.3, 0.4) is 0 Å².